The van der Waals surface area contributed by atoms with Crippen molar-refractivity contribution in [3.63, 3.8) is 0 Å². The molecule has 0 aromatic heterocycles. The summed E-state index contributed by atoms with van der Waals surface area (Å²) in [6.07, 6.45) is 1.61. The molecule has 0 saturated heterocycles. The summed E-state index contributed by atoms with van der Waals surface area (Å²) in [5.74, 6) is -2.56. The van der Waals surface area contributed by atoms with Gasteiger partial charge in [-0.2, -0.15) is 0 Å². The molecule has 0 heterocycles. The molecular weight excluding hydrogens is 362 g/mol. The Balaban J connectivity index is 1.90. The molecule has 0 atom stereocenters. The summed E-state index contributed by atoms with van der Waals surface area (Å²) < 4.78 is 53.8. The van der Waals surface area contributed by atoms with Crippen molar-refractivity contribution in [1.82, 2.24) is 4.72 Å². The maximum absolute atomic E-state index is 13.5. The van der Waals surface area contributed by atoms with Crippen molar-refractivity contribution in [1.29, 1.82) is 0 Å². The maximum atomic E-state index is 13.5. The Labute approximate surface area is 150 Å². The van der Waals surface area contributed by atoms with E-state index in [9.17, 15) is 22.0 Å². The molecule has 3 rings (SSSR count). The van der Waals surface area contributed by atoms with Crippen molar-refractivity contribution in [2.75, 3.05) is 11.4 Å². The third-order valence-corrected chi connectivity index (χ3v) is 5.58. The molecule has 1 amide bonds. The molecule has 1 aliphatic carbocycles. The summed E-state index contributed by atoms with van der Waals surface area (Å²) in [4.78, 5) is 14.0. The Morgan fingerprint density at radius 2 is 1.88 bits per heavy atom. The van der Waals surface area contributed by atoms with Crippen molar-refractivity contribution in [3.8, 4) is 0 Å². The Hall–Kier alpha value is -2.32. The molecule has 1 aliphatic rings. The van der Waals surface area contributed by atoms with Crippen LogP contribution in [0.5, 0.6) is 0 Å². The lowest BCUT2D eigenvalue weighted by Gasteiger charge is -2.21. The minimum absolute atomic E-state index is 0.00316. The highest BCUT2D eigenvalue weighted by atomic mass is 32.2. The molecule has 1 N–H and O–H groups in total. The van der Waals surface area contributed by atoms with Crippen LogP contribution in [0.15, 0.2) is 47.4 Å². The van der Waals surface area contributed by atoms with E-state index in [0.717, 1.165) is 25.0 Å². The predicted octanol–water partition coefficient (Wildman–Crippen LogP) is 3.07. The average Bonchev–Trinajstić information content (AvgIpc) is 3.42. The van der Waals surface area contributed by atoms with Gasteiger partial charge in [0.1, 0.15) is 0 Å². The molecule has 0 aliphatic heterocycles. The number of benzene rings is 2. The van der Waals surface area contributed by atoms with Crippen molar-refractivity contribution in [3.05, 3.63) is 59.7 Å². The third-order valence-electron chi connectivity index (χ3n) is 4.07. The average molecular weight is 380 g/mol. The second-order valence-corrected chi connectivity index (χ2v) is 7.79. The summed E-state index contributed by atoms with van der Waals surface area (Å²) in [7, 11) is -3.69. The molecule has 8 heteroatoms. The van der Waals surface area contributed by atoms with Crippen LogP contribution in [0.4, 0.5) is 14.5 Å². The fraction of sp³-hybridized carbons (Fsp3) is 0.278. The highest BCUT2D eigenvalue weighted by molar-refractivity contribution is 7.89. The van der Waals surface area contributed by atoms with Crippen molar-refractivity contribution < 1.29 is 22.0 Å². The van der Waals surface area contributed by atoms with Crippen LogP contribution in [0.1, 0.15) is 30.1 Å². The number of halogens is 2. The van der Waals surface area contributed by atoms with E-state index in [0.29, 0.717) is 0 Å². The normalized spacial score (nSPS) is 14.3. The van der Waals surface area contributed by atoms with E-state index < -0.39 is 27.6 Å². The molecule has 0 bridgehead atoms. The first kappa shape index (κ1) is 18.5. The Morgan fingerprint density at radius 3 is 2.50 bits per heavy atom. The number of amides is 1. The summed E-state index contributed by atoms with van der Waals surface area (Å²) >= 11 is 0. The molecule has 2 aromatic carbocycles. The van der Waals surface area contributed by atoms with E-state index >= 15 is 0 Å². The maximum Gasteiger partial charge on any atom is 0.258 e. The van der Waals surface area contributed by atoms with Crippen LogP contribution in [0.2, 0.25) is 0 Å². The van der Waals surface area contributed by atoms with E-state index in [1.807, 2.05) is 0 Å². The predicted molar refractivity (Wildman–Crippen MR) is 93.5 cm³/mol. The second kappa shape index (κ2) is 7.13. The number of nitrogens with zero attached hydrogens (tertiary/aromatic N) is 1. The molecule has 0 radical (unpaired) electrons. The van der Waals surface area contributed by atoms with Crippen LogP contribution < -0.4 is 9.62 Å². The smallest absolute Gasteiger partial charge is 0.258 e. The molecule has 0 unspecified atom stereocenters. The van der Waals surface area contributed by atoms with Crippen LogP contribution in [-0.4, -0.2) is 26.9 Å². The Kier molecular flexibility index (Phi) is 5.06. The Morgan fingerprint density at radius 1 is 1.15 bits per heavy atom. The van der Waals surface area contributed by atoms with Gasteiger partial charge in [0.05, 0.1) is 4.90 Å². The van der Waals surface area contributed by atoms with Gasteiger partial charge in [0.15, 0.2) is 11.6 Å². The standard InChI is InChI=1S/C18H18F2N2O3S/c1-2-22(14-8-9-16(19)17(20)11-14)18(23)12-4-3-5-15(10-12)26(24,25)21-13-6-7-13/h3-5,8-11,13,21H,2,6-7H2,1H3. The van der Waals surface area contributed by atoms with Gasteiger partial charge in [0, 0.05) is 29.9 Å². The zero-order valence-electron chi connectivity index (χ0n) is 14.1. The van der Waals surface area contributed by atoms with Gasteiger partial charge in [-0.3, -0.25) is 4.79 Å². The molecule has 1 fully saturated rings. The van der Waals surface area contributed by atoms with Crippen molar-refractivity contribution in [2.24, 2.45) is 0 Å². The summed E-state index contributed by atoms with van der Waals surface area (Å²) in [5.41, 5.74) is 0.344. The van der Waals surface area contributed by atoms with E-state index in [1.165, 1.54) is 35.2 Å². The molecule has 138 valence electrons. The third kappa shape index (κ3) is 3.91. The molecular formula is C18H18F2N2O3S. The zero-order chi connectivity index (χ0) is 18.9. The van der Waals surface area contributed by atoms with Gasteiger partial charge in [0.2, 0.25) is 10.0 Å². The van der Waals surface area contributed by atoms with Gasteiger partial charge in [-0.1, -0.05) is 6.07 Å². The fourth-order valence-electron chi connectivity index (χ4n) is 2.54. The fourth-order valence-corrected chi connectivity index (χ4v) is 3.89. The summed E-state index contributed by atoms with van der Waals surface area (Å²) in [6.45, 7) is 1.90. The highest BCUT2D eigenvalue weighted by Crippen LogP contribution is 2.24. The molecule has 2 aromatic rings. The van der Waals surface area contributed by atoms with E-state index in [-0.39, 0.29) is 28.7 Å². The van der Waals surface area contributed by atoms with E-state index in [2.05, 4.69) is 4.72 Å². The molecule has 0 spiro atoms. The number of hydrogen-bond donors (Lipinski definition) is 1. The monoisotopic (exact) mass is 380 g/mol. The summed E-state index contributed by atoms with van der Waals surface area (Å²) in [6, 6.07) is 8.80. The first-order chi connectivity index (χ1) is 12.3. The lowest BCUT2D eigenvalue weighted by Crippen LogP contribution is -2.31. The van der Waals surface area contributed by atoms with Gasteiger partial charge in [-0.25, -0.2) is 21.9 Å². The lowest BCUT2D eigenvalue weighted by molar-refractivity contribution is 0.0988. The molecule has 5 nitrogen and oxygen atoms in total. The van der Waals surface area contributed by atoms with Crippen molar-refractivity contribution >= 4 is 21.6 Å². The van der Waals surface area contributed by atoms with Crippen LogP contribution in [-0.2, 0) is 10.0 Å². The van der Waals surface area contributed by atoms with Crippen molar-refractivity contribution in [2.45, 2.75) is 30.7 Å². The van der Waals surface area contributed by atoms with Gasteiger partial charge in [0.25, 0.3) is 5.91 Å². The minimum atomic E-state index is -3.69. The largest absolute Gasteiger partial charge is 0.309 e. The number of carbonyl (C=O) groups is 1. The van der Waals surface area contributed by atoms with Crippen LogP contribution >= 0.6 is 0 Å². The van der Waals surface area contributed by atoms with Crippen LogP contribution in [0.25, 0.3) is 0 Å². The van der Waals surface area contributed by atoms with E-state index in [4.69, 9.17) is 0 Å². The minimum Gasteiger partial charge on any atom is -0.309 e. The van der Waals surface area contributed by atoms with Gasteiger partial charge in [-0.15, -0.1) is 0 Å². The molecule has 26 heavy (non-hydrogen) atoms. The number of hydrogen-bond acceptors (Lipinski definition) is 3. The quantitative estimate of drug-likeness (QED) is 0.838. The summed E-state index contributed by atoms with van der Waals surface area (Å²) in [5, 5.41) is 0. The first-order valence-electron chi connectivity index (χ1n) is 8.21. The molecule has 1 saturated carbocycles. The van der Waals surface area contributed by atoms with Crippen LogP contribution in [0.3, 0.4) is 0 Å². The van der Waals surface area contributed by atoms with Gasteiger partial charge in [-0.05, 0) is 50.1 Å². The topological polar surface area (TPSA) is 66.5 Å². The first-order valence-corrected chi connectivity index (χ1v) is 9.69. The Bertz CT molecular complexity index is 943. The number of rotatable bonds is 6. The number of carbonyl (C=O) groups excluding carboxylic acids is 1. The SMILES string of the molecule is CCN(C(=O)c1cccc(S(=O)(=O)NC2CC2)c1)c1ccc(F)c(F)c1. The van der Waals surface area contributed by atoms with E-state index in [1.54, 1.807) is 6.92 Å². The highest BCUT2D eigenvalue weighted by Gasteiger charge is 2.28. The zero-order valence-corrected chi connectivity index (χ0v) is 14.9. The number of anilines is 1. The second-order valence-electron chi connectivity index (χ2n) is 6.07. The van der Waals surface area contributed by atoms with Gasteiger partial charge >= 0.3 is 0 Å². The van der Waals surface area contributed by atoms with Gasteiger partial charge < -0.3 is 4.90 Å². The number of sulfonamides is 1. The van der Waals surface area contributed by atoms with Crippen LogP contribution in [0, 0.1) is 11.6 Å². The lowest BCUT2D eigenvalue weighted by atomic mass is 10.1. The number of nitrogens with one attached hydrogen (secondary N) is 1.